The minimum atomic E-state index is -3.97. The summed E-state index contributed by atoms with van der Waals surface area (Å²) < 4.78 is 25.1. The molecule has 0 fully saturated rings. The third-order valence-corrected chi connectivity index (χ3v) is 2.28. The highest BCUT2D eigenvalue weighted by Gasteiger charge is 2.26. The van der Waals surface area contributed by atoms with Crippen LogP contribution in [0.4, 0.5) is 0 Å². The maximum atomic E-state index is 10.6. The van der Waals surface area contributed by atoms with Crippen LogP contribution in [0.25, 0.3) is 0 Å². The zero-order chi connectivity index (χ0) is 8.65. The molecule has 1 rings (SSSR count). The Hall–Kier alpha value is -0.820. The standard InChI is InChI=1S/C3H3ClN2O4S/c1-2-3(11(4,8)9)5-10-6(2)7/h1H3. The Morgan fingerprint density at radius 2 is 2.27 bits per heavy atom. The molecule has 11 heavy (non-hydrogen) atoms. The normalized spacial score (nSPS) is 11.8. The molecule has 0 aliphatic heterocycles. The predicted molar refractivity (Wildman–Crippen MR) is 33.2 cm³/mol. The highest BCUT2D eigenvalue weighted by Crippen LogP contribution is 2.12. The van der Waals surface area contributed by atoms with E-state index < -0.39 is 14.1 Å². The van der Waals surface area contributed by atoms with Crippen LogP contribution in [-0.4, -0.2) is 13.6 Å². The summed E-state index contributed by atoms with van der Waals surface area (Å²) in [5.74, 6) is 0. The maximum Gasteiger partial charge on any atom is 0.349 e. The SMILES string of the molecule is Cc1c(S(=O)(=O)Cl)no[n+]1[O-]. The average Bonchev–Trinajstić information content (AvgIpc) is 2.11. The van der Waals surface area contributed by atoms with Gasteiger partial charge in [0.2, 0.25) is 5.69 Å². The fourth-order valence-electron chi connectivity index (χ4n) is 0.500. The largest absolute Gasteiger partial charge is 0.359 e. The van der Waals surface area contributed by atoms with Crippen LogP contribution in [-0.2, 0) is 9.05 Å². The van der Waals surface area contributed by atoms with Crippen molar-refractivity contribution in [1.29, 1.82) is 0 Å². The van der Waals surface area contributed by atoms with E-state index in [1.807, 2.05) is 0 Å². The van der Waals surface area contributed by atoms with Crippen LogP contribution in [0.3, 0.4) is 0 Å². The van der Waals surface area contributed by atoms with E-state index in [4.69, 9.17) is 10.7 Å². The van der Waals surface area contributed by atoms with Gasteiger partial charge in [-0.3, -0.25) is 4.63 Å². The summed E-state index contributed by atoms with van der Waals surface area (Å²) in [7, 11) is 0.909. The Bertz CT molecular complexity index is 369. The van der Waals surface area contributed by atoms with Crippen molar-refractivity contribution in [3.63, 3.8) is 0 Å². The van der Waals surface area contributed by atoms with E-state index >= 15 is 0 Å². The lowest BCUT2D eigenvalue weighted by Gasteiger charge is -1.84. The summed E-state index contributed by atoms with van der Waals surface area (Å²) in [5.41, 5.74) is -0.181. The molecule has 0 aliphatic rings. The molecule has 0 N–H and O–H groups in total. The lowest BCUT2D eigenvalue weighted by Crippen LogP contribution is -2.26. The smallest absolute Gasteiger partial charge is 0.349 e. The topological polar surface area (TPSA) is 87.1 Å². The van der Waals surface area contributed by atoms with Gasteiger partial charge < -0.3 is 5.21 Å². The minimum absolute atomic E-state index is 0.0325. The predicted octanol–water partition coefficient (Wildman–Crippen LogP) is -0.456. The van der Waals surface area contributed by atoms with E-state index in [0.717, 1.165) is 0 Å². The van der Waals surface area contributed by atoms with Crippen LogP contribution in [0, 0.1) is 12.1 Å². The summed E-state index contributed by atoms with van der Waals surface area (Å²) in [6, 6.07) is 0. The third kappa shape index (κ3) is 1.43. The van der Waals surface area contributed by atoms with Gasteiger partial charge >= 0.3 is 14.1 Å². The molecule has 0 saturated carbocycles. The highest BCUT2D eigenvalue weighted by molar-refractivity contribution is 8.13. The fourth-order valence-corrected chi connectivity index (χ4v) is 1.47. The second-order valence-electron chi connectivity index (χ2n) is 1.76. The molecule has 1 aromatic heterocycles. The van der Waals surface area contributed by atoms with E-state index in [-0.39, 0.29) is 10.6 Å². The second-order valence-corrected chi connectivity index (χ2v) is 4.24. The highest BCUT2D eigenvalue weighted by atomic mass is 35.7. The van der Waals surface area contributed by atoms with Gasteiger partial charge in [-0.25, -0.2) is 8.42 Å². The number of hydrogen-bond acceptors (Lipinski definition) is 5. The van der Waals surface area contributed by atoms with E-state index in [0.29, 0.717) is 0 Å². The number of aromatic nitrogens is 2. The van der Waals surface area contributed by atoms with Crippen LogP contribution >= 0.6 is 10.7 Å². The molecule has 0 radical (unpaired) electrons. The van der Waals surface area contributed by atoms with Crippen LogP contribution in [0.15, 0.2) is 9.65 Å². The zero-order valence-corrected chi connectivity index (χ0v) is 6.89. The first-order chi connectivity index (χ1) is 4.93. The minimum Gasteiger partial charge on any atom is -0.359 e. The number of nitrogens with zero attached hydrogens (tertiary/aromatic N) is 2. The van der Waals surface area contributed by atoms with Gasteiger partial charge in [-0.2, -0.15) is 0 Å². The quantitative estimate of drug-likeness (QED) is 0.450. The van der Waals surface area contributed by atoms with Crippen molar-refractivity contribution in [2.24, 2.45) is 0 Å². The van der Waals surface area contributed by atoms with Gasteiger partial charge in [0, 0.05) is 17.6 Å². The van der Waals surface area contributed by atoms with E-state index in [1.54, 1.807) is 0 Å². The van der Waals surface area contributed by atoms with E-state index in [2.05, 4.69) is 9.79 Å². The Kier molecular flexibility index (Phi) is 1.77. The molecule has 0 saturated heterocycles. The lowest BCUT2D eigenvalue weighted by atomic mass is 10.6. The molecule has 0 amide bonds. The third-order valence-electron chi connectivity index (χ3n) is 1.01. The first-order valence-corrected chi connectivity index (χ1v) is 4.75. The van der Waals surface area contributed by atoms with Crippen LogP contribution in [0.1, 0.15) is 5.69 Å². The Balaban J connectivity index is 3.38. The Labute approximate surface area is 66.3 Å². The van der Waals surface area contributed by atoms with Gasteiger partial charge in [0.15, 0.2) is 0 Å². The lowest BCUT2D eigenvalue weighted by molar-refractivity contribution is -0.807. The van der Waals surface area contributed by atoms with Crippen molar-refractivity contribution in [2.75, 3.05) is 0 Å². The molecule has 62 valence electrons. The molecule has 0 aliphatic carbocycles. The Morgan fingerprint density at radius 1 is 1.73 bits per heavy atom. The summed E-state index contributed by atoms with van der Waals surface area (Å²) >= 11 is 0. The Morgan fingerprint density at radius 3 is 2.45 bits per heavy atom. The molecule has 6 nitrogen and oxygen atoms in total. The van der Waals surface area contributed by atoms with Gasteiger partial charge in [-0.05, 0) is 4.90 Å². The molecule has 0 bridgehead atoms. The van der Waals surface area contributed by atoms with Crippen molar-refractivity contribution in [3.8, 4) is 0 Å². The van der Waals surface area contributed by atoms with Gasteiger partial charge in [0.25, 0.3) is 0 Å². The summed E-state index contributed by atoms with van der Waals surface area (Å²) in [5, 5.41) is 12.8. The zero-order valence-electron chi connectivity index (χ0n) is 5.31. The molecule has 0 unspecified atom stereocenters. The molecule has 1 aromatic rings. The van der Waals surface area contributed by atoms with Crippen molar-refractivity contribution in [3.05, 3.63) is 10.9 Å². The van der Waals surface area contributed by atoms with Crippen LogP contribution in [0.2, 0.25) is 0 Å². The van der Waals surface area contributed by atoms with E-state index in [1.165, 1.54) is 6.92 Å². The number of rotatable bonds is 1. The summed E-state index contributed by atoms with van der Waals surface area (Å²) in [4.78, 5) is -0.0325. The second kappa shape index (κ2) is 2.35. The first-order valence-electron chi connectivity index (χ1n) is 2.44. The number of halogens is 1. The van der Waals surface area contributed by atoms with Gasteiger partial charge in [-0.15, -0.1) is 0 Å². The molecule has 1 heterocycles. The van der Waals surface area contributed by atoms with Crippen molar-refractivity contribution < 1.29 is 17.9 Å². The van der Waals surface area contributed by atoms with Crippen molar-refractivity contribution in [1.82, 2.24) is 5.16 Å². The maximum absolute atomic E-state index is 10.6. The first kappa shape index (κ1) is 8.28. The van der Waals surface area contributed by atoms with Crippen molar-refractivity contribution in [2.45, 2.75) is 11.9 Å². The van der Waals surface area contributed by atoms with Crippen molar-refractivity contribution >= 4 is 19.7 Å². The molecule has 0 atom stereocenters. The summed E-state index contributed by atoms with van der Waals surface area (Å²) in [6.07, 6.45) is 0. The van der Waals surface area contributed by atoms with Crippen LogP contribution < -0.4 is 4.90 Å². The fraction of sp³-hybridized carbons (Fsp3) is 0.333. The van der Waals surface area contributed by atoms with Gasteiger partial charge in [0.1, 0.15) is 0 Å². The molecule has 0 aromatic carbocycles. The van der Waals surface area contributed by atoms with Gasteiger partial charge in [-0.1, -0.05) is 0 Å². The monoisotopic (exact) mass is 198 g/mol. The van der Waals surface area contributed by atoms with Crippen LogP contribution in [0.5, 0.6) is 0 Å². The molecule has 8 heteroatoms. The number of hydrogen-bond donors (Lipinski definition) is 0. The molecule has 0 spiro atoms. The average molecular weight is 199 g/mol. The summed E-state index contributed by atoms with van der Waals surface area (Å²) in [6.45, 7) is 1.23. The van der Waals surface area contributed by atoms with Gasteiger partial charge in [0.05, 0.1) is 5.16 Å². The molecular formula is C3H3ClN2O4S. The molecular weight excluding hydrogens is 196 g/mol. The van der Waals surface area contributed by atoms with E-state index in [9.17, 15) is 13.6 Å².